The summed E-state index contributed by atoms with van der Waals surface area (Å²) >= 11 is 3.32. The fraction of sp³-hybridized carbons (Fsp3) is 0.238. The molecule has 0 atom stereocenters. The van der Waals surface area contributed by atoms with Gasteiger partial charge in [-0.15, -0.1) is 23.1 Å². The normalized spacial score (nSPS) is 10.9. The average Bonchev–Trinajstić information content (AvgIpc) is 3.13. The lowest BCUT2D eigenvalue weighted by Gasteiger charge is -2.08. The van der Waals surface area contributed by atoms with Crippen molar-refractivity contribution in [2.45, 2.75) is 30.6 Å². The van der Waals surface area contributed by atoms with E-state index in [1.165, 1.54) is 12.1 Å². The summed E-state index contributed by atoms with van der Waals surface area (Å²) in [4.78, 5) is 17.8. The molecule has 0 aliphatic rings. The molecular weight excluding hydrogens is 414 g/mol. The van der Waals surface area contributed by atoms with Gasteiger partial charge < -0.3 is 10.1 Å². The molecule has 0 fully saturated rings. The van der Waals surface area contributed by atoms with Crippen LogP contribution in [0, 0.1) is 6.92 Å². The van der Waals surface area contributed by atoms with E-state index in [2.05, 4.69) is 20.4 Å². The second-order valence-corrected chi connectivity index (χ2v) is 8.31. The third-order valence-electron chi connectivity index (χ3n) is 4.02. The zero-order valence-electron chi connectivity index (χ0n) is 15.7. The molecule has 0 bridgehead atoms. The number of thiazole rings is 1. The molecular formula is C21H20F2N2O2S2. The number of nitrogens with one attached hydrogen (secondary N) is 1. The number of rotatable bonds is 9. The molecule has 3 aromatic rings. The Morgan fingerprint density at radius 3 is 2.52 bits per heavy atom. The van der Waals surface area contributed by atoms with Crippen molar-refractivity contribution in [1.29, 1.82) is 0 Å². The molecule has 3 rings (SSSR count). The van der Waals surface area contributed by atoms with Gasteiger partial charge in [-0.25, -0.2) is 4.98 Å². The smallest absolute Gasteiger partial charge is 0.387 e. The lowest BCUT2D eigenvalue weighted by atomic mass is 10.1. The maximum absolute atomic E-state index is 12.3. The van der Waals surface area contributed by atoms with Crippen molar-refractivity contribution in [3.05, 3.63) is 75.7 Å². The van der Waals surface area contributed by atoms with Crippen LogP contribution in [0.3, 0.4) is 0 Å². The minimum absolute atomic E-state index is 0.121. The largest absolute Gasteiger partial charge is 0.435 e. The topological polar surface area (TPSA) is 51.2 Å². The van der Waals surface area contributed by atoms with Gasteiger partial charge in [0, 0.05) is 28.1 Å². The summed E-state index contributed by atoms with van der Waals surface area (Å²) < 4.78 is 28.6. The third kappa shape index (κ3) is 6.83. The monoisotopic (exact) mass is 434 g/mol. The fourth-order valence-electron chi connectivity index (χ4n) is 2.59. The number of aryl methyl sites for hydroxylation is 1. The number of carbonyl (C=O) groups excluding carboxylic acids is 1. The number of ether oxygens (including phenoxy) is 1. The molecule has 1 N–H and O–H groups in total. The minimum Gasteiger partial charge on any atom is -0.435 e. The molecule has 0 spiro atoms. The molecule has 0 radical (unpaired) electrons. The van der Waals surface area contributed by atoms with Crippen LogP contribution < -0.4 is 10.1 Å². The van der Waals surface area contributed by atoms with E-state index >= 15 is 0 Å². The van der Waals surface area contributed by atoms with E-state index in [0.717, 1.165) is 26.9 Å². The Morgan fingerprint density at radius 1 is 1.17 bits per heavy atom. The lowest BCUT2D eigenvalue weighted by molar-refractivity contribution is -0.0498. The van der Waals surface area contributed by atoms with Gasteiger partial charge >= 0.3 is 6.61 Å². The van der Waals surface area contributed by atoms with Crippen molar-refractivity contribution in [2.24, 2.45) is 0 Å². The Labute approximate surface area is 176 Å². The van der Waals surface area contributed by atoms with E-state index in [-0.39, 0.29) is 11.7 Å². The molecule has 0 aliphatic heterocycles. The van der Waals surface area contributed by atoms with Gasteiger partial charge in [0.1, 0.15) is 5.75 Å². The summed E-state index contributed by atoms with van der Waals surface area (Å²) in [6.45, 7) is -0.391. The molecule has 8 heteroatoms. The highest BCUT2D eigenvalue weighted by atomic mass is 32.2. The SMILES string of the molecule is Cc1nc(CSc2ccc(C(=O)NCCc3ccc(OC(F)F)cc3)cc2)cs1. The van der Waals surface area contributed by atoms with Crippen LogP contribution in [0.1, 0.15) is 26.6 Å². The zero-order chi connectivity index (χ0) is 20.6. The number of carbonyl (C=O) groups is 1. The third-order valence-corrected chi connectivity index (χ3v) is 5.89. The van der Waals surface area contributed by atoms with Crippen LogP contribution in [0.25, 0.3) is 0 Å². The predicted molar refractivity (Wildman–Crippen MR) is 112 cm³/mol. The quantitative estimate of drug-likeness (QED) is 0.463. The van der Waals surface area contributed by atoms with Gasteiger partial charge in [0.15, 0.2) is 0 Å². The Balaban J connectivity index is 1.43. The first-order valence-electron chi connectivity index (χ1n) is 8.95. The molecule has 2 aromatic carbocycles. The van der Waals surface area contributed by atoms with Crippen molar-refractivity contribution in [2.75, 3.05) is 6.54 Å². The van der Waals surface area contributed by atoms with Crippen molar-refractivity contribution in [1.82, 2.24) is 10.3 Å². The van der Waals surface area contributed by atoms with Crippen molar-refractivity contribution in [3.63, 3.8) is 0 Å². The standard InChI is InChI=1S/C21H20F2N2O2S2/c1-14-25-17(12-28-14)13-29-19-8-4-16(5-9-19)20(26)24-11-10-15-2-6-18(7-3-15)27-21(22)23/h2-9,12,21H,10-11,13H2,1H3,(H,24,26). The van der Waals surface area contributed by atoms with Crippen molar-refractivity contribution >= 4 is 29.0 Å². The number of thioether (sulfide) groups is 1. The van der Waals surface area contributed by atoms with Crippen LogP contribution in [0.2, 0.25) is 0 Å². The maximum Gasteiger partial charge on any atom is 0.387 e. The Hall–Kier alpha value is -2.45. The van der Waals surface area contributed by atoms with E-state index in [4.69, 9.17) is 0 Å². The van der Waals surface area contributed by atoms with Crippen molar-refractivity contribution in [3.8, 4) is 5.75 Å². The number of alkyl halides is 2. The van der Waals surface area contributed by atoms with Gasteiger partial charge in [0.25, 0.3) is 5.91 Å². The van der Waals surface area contributed by atoms with Gasteiger partial charge in [0.2, 0.25) is 0 Å². The van der Waals surface area contributed by atoms with Gasteiger partial charge in [0.05, 0.1) is 10.7 Å². The summed E-state index contributed by atoms with van der Waals surface area (Å²) in [5.41, 5.74) is 2.59. The first-order chi connectivity index (χ1) is 14.0. The minimum atomic E-state index is -2.83. The summed E-state index contributed by atoms with van der Waals surface area (Å²) in [7, 11) is 0. The molecule has 1 heterocycles. The van der Waals surface area contributed by atoms with E-state index in [1.807, 2.05) is 19.1 Å². The highest BCUT2D eigenvalue weighted by molar-refractivity contribution is 7.98. The molecule has 0 saturated carbocycles. The molecule has 0 saturated heterocycles. The molecule has 0 unspecified atom stereocenters. The fourth-order valence-corrected chi connectivity index (χ4v) is 4.10. The van der Waals surface area contributed by atoms with Gasteiger partial charge in [-0.3, -0.25) is 4.79 Å². The molecule has 0 aliphatic carbocycles. The summed E-state index contributed by atoms with van der Waals surface area (Å²) in [5.74, 6) is 0.779. The number of hydrogen-bond donors (Lipinski definition) is 1. The van der Waals surface area contributed by atoms with Crippen LogP contribution in [0.5, 0.6) is 5.75 Å². The van der Waals surface area contributed by atoms with E-state index in [0.29, 0.717) is 18.5 Å². The van der Waals surface area contributed by atoms with Crippen LogP contribution in [-0.4, -0.2) is 24.0 Å². The second-order valence-electron chi connectivity index (χ2n) is 6.20. The number of aromatic nitrogens is 1. The lowest BCUT2D eigenvalue weighted by Crippen LogP contribution is -2.25. The molecule has 29 heavy (non-hydrogen) atoms. The van der Waals surface area contributed by atoms with E-state index in [1.54, 1.807) is 47.4 Å². The maximum atomic E-state index is 12.3. The first kappa shape index (κ1) is 21.3. The highest BCUT2D eigenvalue weighted by Crippen LogP contribution is 2.24. The summed E-state index contributed by atoms with van der Waals surface area (Å²) in [6, 6.07) is 13.9. The molecule has 152 valence electrons. The number of halogens is 2. The van der Waals surface area contributed by atoms with E-state index in [9.17, 15) is 13.6 Å². The number of amides is 1. The Bertz CT molecular complexity index is 929. The van der Waals surface area contributed by atoms with E-state index < -0.39 is 6.61 Å². The number of nitrogens with zero attached hydrogens (tertiary/aromatic N) is 1. The van der Waals surface area contributed by atoms with Gasteiger partial charge in [-0.1, -0.05) is 12.1 Å². The van der Waals surface area contributed by atoms with Crippen LogP contribution in [0.4, 0.5) is 8.78 Å². The predicted octanol–water partition coefficient (Wildman–Crippen LogP) is 5.32. The second kappa shape index (κ2) is 10.4. The Morgan fingerprint density at radius 2 is 1.90 bits per heavy atom. The van der Waals surface area contributed by atoms with Crippen LogP contribution in [0.15, 0.2) is 58.8 Å². The average molecular weight is 435 g/mol. The first-order valence-corrected chi connectivity index (χ1v) is 10.8. The molecule has 4 nitrogen and oxygen atoms in total. The van der Waals surface area contributed by atoms with Crippen LogP contribution >= 0.6 is 23.1 Å². The Kier molecular flexibility index (Phi) is 7.60. The number of benzene rings is 2. The summed E-state index contributed by atoms with van der Waals surface area (Å²) in [6.07, 6.45) is 0.599. The zero-order valence-corrected chi connectivity index (χ0v) is 17.4. The molecule has 1 amide bonds. The highest BCUT2D eigenvalue weighted by Gasteiger charge is 2.07. The summed E-state index contributed by atoms with van der Waals surface area (Å²) in [5, 5.41) is 5.99. The molecule has 1 aromatic heterocycles. The van der Waals surface area contributed by atoms with Crippen molar-refractivity contribution < 1.29 is 18.3 Å². The number of hydrogen-bond acceptors (Lipinski definition) is 5. The van der Waals surface area contributed by atoms with Gasteiger partial charge in [-0.05, 0) is 55.3 Å². The van der Waals surface area contributed by atoms with Gasteiger partial charge in [-0.2, -0.15) is 8.78 Å². The van der Waals surface area contributed by atoms with Crippen LogP contribution in [-0.2, 0) is 12.2 Å².